The average molecular weight is 466 g/mol. The highest BCUT2D eigenvalue weighted by molar-refractivity contribution is 7.94. The van der Waals surface area contributed by atoms with E-state index < -0.39 is 56.5 Å². The second kappa shape index (κ2) is 8.05. The number of nitrogens with one attached hydrogen (secondary N) is 1. The number of rotatable bonds is 2. The third-order valence-corrected chi connectivity index (χ3v) is 6.51. The summed E-state index contributed by atoms with van der Waals surface area (Å²) in [6, 6.07) is 2.06. The number of carbonyl (C=O) groups excluding carboxylic acids is 1. The minimum absolute atomic E-state index is 0.151. The van der Waals surface area contributed by atoms with Crippen molar-refractivity contribution in [3.63, 3.8) is 0 Å². The Balaban J connectivity index is 2.67. The van der Waals surface area contributed by atoms with Gasteiger partial charge in [-0.2, -0.15) is 13.2 Å². The molecule has 9 nitrogen and oxygen atoms in total. The first-order chi connectivity index (χ1) is 14.0. The summed E-state index contributed by atoms with van der Waals surface area (Å²) in [7, 11) is -4.31. The van der Waals surface area contributed by atoms with Gasteiger partial charge in [0.1, 0.15) is 29.5 Å². The molecule has 2 unspecified atom stereocenters. The quantitative estimate of drug-likeness (QED) is 0.646. The van der Waals surface area contributed by atoms with Gasteiger partial charge in [-0.3, -0.25) is 5.32 Å². The fourth-order valence-electron chi connectivity index (χ4n) is 2.54. The molecule has 2 rings (SSSR count). The van der Waals surface area contributed by atoms with Crippen LogP contribution in [0.4, 0.5) is 28.2 Å². The zero-order valence-corrected chi connectivity index (χ0v) is 18.2. The molecule has 1 amide bonds. The van der Waals surface area contributed by atoms with Gasteiger partial charge in [0.25, 0.3) is 0 Å². The Bertz CT molecular complexity index is 1070. The topological polar surface area (TPSA) is 131 Å². The molecule has 0 saturated heterocycles. The lowest BCUT2D eigenvalue weighted by Gasteiger charge is -2.33. The van der Waals surface area contributed by atoms with Gasteiger partial charge in [-0.15, -0.1) is 4.40 Å². The van der Waals surface area contributed by atoms with E-state index in [2.05, 4.69) is 24.1 Å². The molecule has 0 aromatic carbocycles. The van der Waals surface area contributed by atoms with Gasteiger partial charge in [0.05, 0.1) is 0 Å². The van der Waals surface area contributed by atoms with Gasteiger partial charge in [0.2, 0.25) is 5.96 Å². The maximum atomic E-state index is 14.6. The van der Waals surface area contributed by atoms with Gasteiger partial charge >= 0.3 is 12.3 Å². The van der Waals surface area contributed by atoms with Crippen molar-refractivity contribution in [2.24, 2.45) is 13.8 Å². The summed E-state index contributed by atoms with van der Waals surface area (Å²) in [5, 5.41) is 2.12. The summed E-state index contributed by atoms with van der Waals surface area (Å²) in [5.41, 5.74) is 4.00. The Morgan fingerprint density at radius 1 is 1.32 bits per heavy atom. The minimum atomic E-state index is -4.82. The number of alkyl carbamates (subject to hydrolysis) is 1. The van der Waals surface area contributed by atoms with Crippen molar-refractivity contribution >= 4 is 33.5 Å². The third kappa shape index (κ3) is 5.48. The first-order valence-corrected chi connectivity index (χ1v) is 10.3. The number of aliphatic imine (C=N–C) groups is 1. The third-order valence-electron chi connectivity index (χ3n) is 4.06. The highest BCUT2D eigenvalue weighted by Crippen LogP contribution is 2.38. The molecule has 1 aromatic heterocycles. The van der Waals surface area contributed by atoms with E-state index in [4.69, 9.17) is 10.5 Å². The van der Waals surface area contributed by atoms with Crippen LogP contribution in [-0.2, 0) is 19.4 Å². The van der Waals surface area contributed by atoms with Gasteiger partial charge in [0, 0.05) is 5.71 Å². The summed E-state index contributed by atoms with van der Waals surface area (Å²) in [4.78, 5) is 19.8. The van der Waals surface area contributed by atoms with Crippen LogP contribution in [0.15, 0.2) is 25.9 Å². The maximum absolute atomic E-state index is 14.6. The average Bonchev–Trinajstić information content (AvgIpc) is 2.58. The zero-order valence-electron chi connectivity index (χ0n) is 17.4. The number of halogens is 4. The number of guanidine groups is 1. The summed E-state index contributed by atoms with van der Waals surface area (Å²) in [5.74, 6) is -1.74. The van der Waals surface area contributed by atoms with Gasteiger partial charge < -0.3 is 10.5 Å². The van der Waals surface area contributed by atoms with Crippen molar-refractivity contribution in [2.75, 3.05) is 12.3 Å². The molecule has 0 radical (unpaired) electrons. The Labute approximate surface area is 176 Å². The zero-order chi connectivity index (χ0) is 23.8. The number of alkyl halides is 3. The lowest BCUT2D eigenvalue weighted by molar-refractivity contribution is -0.117. The van der Waals surface area contributed by atoms with E-state index >= 15 is 0 Å². The number of hydrogen-bond donors (Lipinski definition) is 2. The van der Waals surface area contributed by atoms with Crippen LogP contribution in [0.5, 0.6) is 0 Å². The molecule has 0 saturated carbocycles. The largest absolute Gasteiger partial charge is 0.444 e. The molecule has 0 fully saturated rings. The Kier molecular flexibility index (Phi) is 6.36. The van der Waals surface area contributed by atoms with Crippen molar-refractivity contribution in [1.29, 1.82) is 0 Å². The first kappa shape index (κ1) is 24.5. The van der Waals surface area contributed by atoms with E-state index in [0.717, 1.165) is 19.1 Å². The number of pyridine rings is 1. The van der Waals surface area contributed by atoms with Crippen LogP contribution in [0, 0.1) is 5.82 Å². The van der Waals surface area contributed by atoms with Gasteiger partial charge in [0.15, 0.2) is 14.7 Å². The number of amides is 1. The second-order valence-electron chi connectivity index (χ2n) is 7.74. The van der Waals surface area contributed by atoms with Crippen LogP contribution >= 0.6 is 0 Å². The van der Waals surface area contributed by atoms with Gasteiger partial charge in [-0.25, -0.2) is 27.7 Å². The van der Waals surface area contributed by atoms with Crippen LogP contribution in [0.2, 0.25) is 0 Å². The number of carbonyl (C=O) groups is 1. The molecular formula is C17H22F4N6O3S. The fourth-order valence-corrected chi connectivity index (χ4v) is 4.51. The molecule has 1 aliphatic heterocycles. The molecule has 1 aromatic rings. The van der Waals surface area contributed by atoms with E-state index in [1.807, 2.05) is 0 Å². The summed E-state index contributed by atoms with van der Waals surface area (Å²) < 4.78 is 76.7. The van der Waals surface area contributed by atoms with Crippen molar-refractivity contribution in [3.8, 4) is 0 Å². The van der Waals surface area contributed by atoms with Crippen molar-refractivity contribution in [3.05, 3.63) is 23.6 Å². The Morgan fingerprint density at radius 2 is 1.94 bits per heavy atom. The number of aromatic nitrogens is 1. The van der Waals surface area contributed by atoms with Crippen molar-refractivity contribution in [2.45, 2.75) is 51.1 Å². The Hall–Kier alpha value is -2.77. The highest BCUT2D eigenvalue weighted by atomic mass is 32.2. The number of hydrogen-bond acceptors (Lipinski definition) is 7. The molecule has 172 valence electrons. The highest BCUT2D eigenvalue weighted by Gasteiger charge is 2.49. The van der Waals surface area contributed by atoms with Crippen LogP contribution in [0.1, 0.15) is 40.3 Å². The summed E-state index contributed by atoms with van der Waals surface area (Å²) in [6.07, 6.45) is -5.85. The number of ether oxygens (including phenoxy) is 1. The van der Waals surface area contributed by atoms with Crippen molar-refractivity contribution in [1.82, 2.24) is 10.3 Å². The van der Waals surface area contributed by atoms with Crippen LogP contribution < -0.4 is 11.1 Å². The van der Waals surface area contributed by atoms with E-state index in [0.29, 0.717) is 0 Å². The van der Waals surface area contributed by atoms with E-state index in [9.17, 15) is 26.6 Å². The van der Waals surface area contributed by atoms with E-state index in [1.54, 1.807) is 20.8 Å². The number of anilines is 1. The molecule has 31 heavy (non-hydrogen) atoms. The predicted octanol–water partition coefficient (Wildman–Crippen LogP) is 3.32. The van der Waals surface area contributed by atoms with Gasteiger partial charge in [-0.1, -0.05) is 0 Å². The molecular weight excluding hydrogens is 444 g/mol. The fraction of sp³-hybridized carbons (Fsp3) is 0.529. The second-order valence-corrected chi connectivity index (χ2v) is 9.99. The summed E-state index contributed by atoms with van der Waals surface area (Å²) >= 11 is 0. The molecule has 0 spiro atoms. The molecule has 2 heterocycles. The molecule has 0 bridgehead atoms. The lowest BCUT2D eigenvalue weighted by atomic mass is 10.00. The maximum Gasteiger partial charge on any atom is 0.414 e. The van der Waals surface area contributed by atoms with E-state index in [1.165, 1.54) is 6.92 Å². The molecule has 14 heteroatoms. The van der Waals surface area contributed by atoms with Gasteiger partial charge in [-0.05, 0) is 46.8 Å². The van der Waals surface area contributed by atoms with Crippen LogP contribution in [0.25, 0.3) is 0 Å². The molecule has 2 atom stereocenters. The molecule has 0 aliphatic carbocycles. The predicted molar refractivity (Wildman–Crippen MR) is 107 cm³/mol. The van der Waals surface area contributed by atoms with Crippen LogP contribution in [0.3, 0.4) is 0 Å². The lowest BCUT2D eigenvalue weighted by Crippen LogP contribution is -2.46. The minimum Gasteiger partial charge on any atom is -0.444 e. The first-order valence-electron chi connectivity index (χ1n) is 8.84. The number of nitrogen functional groups attached to an aromatic ring is 1. The van der Waals surface area contributed by atoms with Crippen molar-refractivity contribution < 1.29 is 31.3 Å². The Morgan fingerprint density at radius 3 is 2.48 bits per heavy atom. The standard InChI is InChI=1S/C17H22F4N6O3S/c1-9-16(5,12-10(18)6-7-11(22)25-12)31(29,23-8-17(19,20)21)27-13(24-9)26-14(28)30-15(2,3)4/h6-7H,8H2,1-5H3,(H2,22,25)(H,23,26,27,28,29). The smallest absolute Gasteiger partial charge is 0.414 e. The molecule has 3 N–H and O–H groups in total. The number of nitrogens with zero attached hydrogens (tertiary/aromatic N) is 4. The van der Waals surface area contributed by atoms with Crippen LogP contribution in [-0.4, -0.2) is 45.3 Å². The molecule has 1 aliphatic rings. The SMILES string of the molecule is CC1=NC(NC(=O)OC(C)(C)C)=NS(=O)(=NCC(F)(F)F)C1(C)c1nc(N)ccc1F. The normalized spacial score (nSPS) is 24.2. The number of nitrogens with two attached hydrogens (primary N) is 1. The monoisotopic (exact) mass is 466 g/mol. The van der Waals surface area contributed by atoms with E-state index in [-0.39, 0.29) is 11.5 Å². The summed E-state index contributed by atoms with van der Waals surface area (Å²) in [6.45, 7) is 5.33.